The summed E-state index contributed by atoms with van der Waals surface area (Å²) < 4.78 is 0. The largest absolute Gasteiger partial charge is 0.369 e. The normalized spacial score (nSPS) is 10.5. The van der Waals surface area contributed by atoms with Gasteiger partial charge in [0.15, 0.2) is 0 Å². The molecule has 0 aliphatic heterocycles. The van der Waals surface area contributed by atoms with Gasteiger partial charge in [0.25, 0.3) is 0 Å². The fraction of sp³-hybridized carbons (Fsp3) is 0.455. The van der Waals surface area contributed by atoms with Crippen molar-refractivity contribution in [1.82, 2.24) is 25.1 Å². The zero-order valence-corrected chi connectivity index (χ0v) is 10.1. The summed E-state index contributed by atoms with van der Waals surface area (Å²) in [5.74, 6) is 1.78. The maximum absolute atomic E-state index is 4.40. The van der Waals surface area contributed by atoms with Crippen molar-refractivity contribution in [3.63, 3.8) is 0 Å². The molecule has 2 rings (SSSR count). The van der Waals surface area contributed by atoms with Crippen LogP contribution in [0.15, 0.2) is 12.5 Å². The highest BCUT2D eigenvalue weighted by molar-refractivity contribution is 5.39. The fourth-order valence-corrected chi connectivity index (χ4v) is 1.52. The molecule has 17 heavy (non-hydrogen) atoms. The summed E-state index contributed by atoms with van der Waals surface area (Å²) in [5.41, 5.74) is 1.85. The van der Waals surface area contributed by atoms with Gasteiger partial charge in [0.2, 0.25) is 0 Å². The molecule has 90 valence electrons. The van der Waals surface area contributed by atoms with E-state index in [0.29, 0.717) is 0 Å². The molecule has 0 fully saturated rings. The van der Waals surface area contributed by atoms with Crippen molar-refractivity contribution in [3.8, 4) is 0 Å². The first kappa shape index (κ1) is 11.5. The molecule has 0 saturated carbocycles. The monoisotopic (exact) mass is 232 g/mol. The third kappa shape index (κ3) is 3.24. The van der Waals surface area contributed by atoms with Crippen LogP contribution in [0.5, 0.6) is 0 Å². The van der Waals surface area contributed by atoms with E-state index >= 15 is 0 Å². The van der Waals surface area contributed by atoms with Crippen LogP contribution in [0.4, 0.5) is 5.82 Å². The Morgan fingerprint density at radius 3 is 2.94 bits per heavy atom. The van der Waals surface area contributed by atoms with E-state index in [1.165, 1.54) is 6.33 Å². The Bertz CT molecular complexity index is 465. The van der Waals surface area contributed by atoms with Crippen LogP contribution >= 0.6 is 0 Å². The molecular formula is C11H16N6. The number of nitrogens with zero attached hydrogens (tertiary/aromatic N) is 4. The van der Waals surface area contributed by atoms with Crippen molar-refractivity contribution in [1.29, 1.82) is 0 Å². The lowest BCUT2D eigenvalue weighted by molar-refractivity contribution is 0.801. The Morgan fingerprint density at radius 2 is 2.18 bits per heavy atom. The van der Waals surface area contributed by atoms with Crippen LogP contribution in [-0.2, 0) is 6.42 Å². The number of rotatable bonds is 5. The first-order valence-corrected chi connectivity index (χ1v) is 5.64. The SMILES string of the molecule is Cc1cnc(C)c(NCCCc2ncn[nH]2)n1. The summed E-state index contributed by atoms with van der Waals surface area (Å²) >= 11 is 0. The lowest BCUT2D eigenvalue weighted by Crippen LogP contribution is -2.08. The van der Waals surface area contributed by atoms with E-state index in [9.17, 15) is 0 Å². The van der Waals surface area contributed by atoms with Gasteiger partial charge in [-0.3, -0.25) is 10.1 Å². The molecule has 0 bridgehead atoms. The van der Waals surface area contributed by atoms with E-state index < -0.39 is 0 Å². The standard InChI is InChI=1S/C11H16N6/c1-8-6-13-9(2)11(16-8)12-5-3-4-10-14-7-15-17-10/h6-7H,3-5H2,1-2H3,(H,12,16)(H,14,15,17). The number of aromatic nitrogens is 5. The zero-order valence-electron chi connectivity index (χ0n) is 10.1. The van der Waals surface area contributed by atoms with Crippen LogP contribution in [0, 0.1) is 13.8 Å². The summed E-state index contributed by atoms with van der Waals surface area (Å²) in [4.78, 5) is 12.7. The van der Waals surface area contributed by atoms with Crippen LogP contribution < -0.4 is 5.32 Å². The minimum atomic E-state index is 0.847. The highest BCUT2D eigenvalue weighted by atomic mass is 15.2. The van der Waals surface area contributed by atoms with Gasteiger partial charge in [0.05, 0.1) is 11.4 Å². The minimum Gasteiger partial charge on any atom is -0.369 e. The number of anilines is 1. The first-order valence-electron chi connectivity index (χ1n) is 5.64. The number of hydrogen-bond donors (Lipinski definition) is 2. The molecule has 0 spiro atoms. The number of hydrogen-bond acceptors (Lipinski definition) is 5. The average molecular weight is 232 g/mol. The molecule has 0 atom stereocenters. The predicted octanol–water partition coefficient (Wildman–Crippen LogP) is 1.26. The van der Waals surface area contributed by atoms with Gasteiger partial charge < -0.3 is 5.32 Å². The summed E-state index contributed by atoms with van der Waals surface area (Å²) in [6.45, 7) is 4.73. The second-order valence-corrected chi connectivity index (χ2v) is 3.91. The summed E-state index contributed by atoms with van der Waals surface area (Å²) in [6.07, 6.45) is 5.16. The smallest absolute Gasteiger partial charge is 0.147 e. The van der Waals surface area contributed by atoms with Gasteiger partial charge in [-0.15, -0.1) is 0 Å². The van der Waals surface area contributed by atoms with Gasteiger partial charge in [-0.1, -0.05) is 0 Å². The van der Waals surface area contributed by atoms with Gasteiger partial charge in [0.1, 0.15) is 18.0 Å². The van der Waals surface area contributed by atoms with Crippen molar-refractivity contribution in [2.45, 2.75) is 26.7 Å². The van der Waals surface area contributed by atoms with Gasteiger partial charge >= 0.3 is 0 Å². The summed E-state index contributed by atoms with van der Waals surface area (Å²) in [5, 5.41) is 9.93. The number of nitrogens with one attached hydrogen (secondary N) is 2. The van der Waals surface area contributed by atoms with Crippen LogP contribution in [-0.4, -0.2) is 31.7 Å². The van der Waals surface area contributed by atoms with Crippen molar-refractivity contribution < 1.29 is 0 Å². The average Bonchev–Trinajstić information content (AvgIpc) is 2.82. The Balaban J connectivity index is 1.80. The lowest BCUT2D eigenvalue weighted by atomic mass is 10.3. The van der Waals surface area contributed by atoms with E-state index in [0.717, 1.165) is 42.4 Å². The molecule has 0 radical (unpaired) electrons. The van der Waals surface area contributed by atoms with Crippen LogP contribution in [0.1, 0.15) is 23.6 Å². The molecule has 0 aromatic carbocycles. The zero-order chi connectivity index (χ0) is 12.1. The molecular weight excluding hydrogens is 216 g/mol. The minimum absolute atomic E-state index is 0.847. The highest BCUT2D eigenvalue weighted by Crippen LogP contribution is 2.08. The van der Waals surface area contributed by atoms with Crippen molar-refractivity contribution in [3.05, 3.63) is 29.7 Å². The Kier molecular flexibility index (Phi) is 3.64. The maximum Gasteiger partial charge on any atom is 0.147 e. The van der Waals surface area contributed by atoms with Crippen LogP contribution in [0.2, 0.25) is 0 Å². The van der Waals surface area contributed by atoms with Crippen LogP contribution in [0.3, 0.4) is 0 Å². The molecule has 6 nitrogen and oxygen atoms in total. The number of H-pyrrole nitrogens is 1. The van der Waals surface area contributed by atoms with Gasteiger partial charge in [-0.2, -0.15) is 5.10 Å². The Morgan fingerprint density at radius 1 is 1.29 bits per heavy atom. The van der Waals surface area contributed by atoms with E-state index in [2.05, 4.69) is 30.5 Å². The van der Waals surface area contributed by atoms with E-state index in [1.54, 1.807) is 6.20 Å². The van der Waals surface area contributed by atoms with Gasteiger partial charge in [0, 0.05) is 19.2 Å². The summed E-state index contributed by atoms with van der Waals surface area (Å²) in [7, 11) is 0. The highest BCUT2D eigenvalue weighted by Gasteiger charge is 2.01. The topological polar surface area (TPSA) is 79.4 Å². The van der Waals surface area contributed by atoms with Gasteiger partial charge in [-0.05, 0) is 20.3 Å². The molecule has 0 aliphatic rings. The predicted molar refractivity (Wildman–Crippen MR) is 64.7 cm³/mol. The number of aromatic amines is 1. The van der Waals surface area contributed by atoms with Gasteiger partial charge in [-0.25, -0.2) is 9.97 Å². The fourth-order valence-electron chi connectivity index (χ4n) is 1.52. The van der Waals surface area contributed by atoms with Crippen LogP contribution in [0.25, 0.3) is 0 Å². The lowest BCUT2D eigenvalue weighted by Gasteiger charge is -2.07. The van der Waals surface area contributed by atoms with E-state index in [-0.39, 0.29) is 0 Å². The van der Waals surface area contributed by atoms with Crippen molar-refractivity contribution >= 4 is 5.82 Å². The molecule has 2 aromatic rings. The maximum atomic E-state index is 4.40. The molecule has 6 heteroatoms. The first-order chi connectivity index (χ1) is 8.25. The molecule has 0 aliphatic carbocycles. The summed E-state index contributed by atoms with van der Waals surface area (Å²) in [6, 6.07) is 0. The quantitative estimate of drug-likeness (QED) is 0.758. The number of aryl methyl sites for hydroxylation is 3. The van der Waals surface area contributed by atoms with Crippen molar-refractivity contribution in [2.24, 2.45) is 0 Å². The molecule has 2 N–H and O–H groups in total. The third-order valence-corrected chi connectivity index (χ3v) is 2.42. The molecule has 2 heterocycles. The Hall–Kier alpha value is -1.98. The molecule has 0 unspecified atom stereocenters. The molecule has 0 saturated heterocycles. The van der Waals surface area contributed by atoms with E-state index in [1.807, 2.05) is 13.8 Å². The second-order valence-electron chi connectivity index (χ2n) is 3.91. The van der Waals surface area contributed by atoms with E-state index in [4.69, 9.17) is 0 Å². The second kappa shape index (κ2) is 5.38. The Labute approximate surface area is 99.9 Å². The third-order valence-electron chi connectivity index (χ3n) is 2.42. The molecule has 0 amide bonds. The van der Waals surface area contributed by atoms with Crippen molar-refractivity contribution in [2.75, 3.05) is 11.9 Å². The molecule has 2 aromatic heterocycles.